The largest absolute Gasteiger partial charge is 0.382 e. The summed E-state index contributed by atoms with van der Waals surface area (Å²) in [5, 5.41) is 45.7. The van der Waals surface area contributed by atoms with Crippen LogP contribution in [0.2, 0.25) is 0 Å². The van der Waals surface area contributed by atoms with Crippen molar-refractivity contribution in [2.45, 2.75) is 45.1 Å². The molecule has 2 aromatic carbocycles. The van der Waals surface area contributed by atoms with Gasteiger partial charge in [-0.2, -0.15) is 5.26 Å². The third kappa shape index (κ3) is 5.85. The van der Waals surface area contributed by atoms with Crippen LogP contribution in [0.25, 0.3) is 0 Å². The number of nitrogens with zero attached hydrogens (tertiary/aromatic N) is 5. The molecule has 1 aliphatic carbocycles. The Morgan fingerprint density at radius 2 is 1.82 bits per heavy atom. The summed E-state index contributed by atoms with van der Waals surface area (Å²) in [6, 6.07) is 8.67. The molecule has 0 saturated heterocycles. The van der Waals surface area contributed by atoms with Gasteiger partial charge in [-0.05, 0) is 31.0 Å². The SMILES string of the molecule is CC(=O)Nc1cc(NC2CCCCC2)ccc1N=Nc1c(C#N)cc([N+](=O)[O-])cc1[N+](=O)[O-]. The van der Waals surface area contributed by atoms with Crippen LogP contribution in [-0.2, 0) is 4.79 Å². The first kappa shape index (κ1) is 23.3. The molecule has 0 bridgehead atoms. The number of anilines is 2. The molecule has 0 atom stereocenters. The van der Waals surface area contributed by atoms with Crippen LogP contribution in [-0.4, -0.2) is 21.8 Å². The topological polar surface area (TPSA) is 176 Å². The van der Waals surface area contributed by atoms with Crippen molar-refractivity contribution in [3.05, 3.63) is 56.1 Å². The third-order valence-electron chi connectivity index (χ3n) is 5.14. The van der Waals surface area contributed by atoms with Gasteiger partial charge in [0.1, 0.15) is 11.8 Å². The Morgan fingerprint density at radius 3 is 2.42 bits per heavy atom. The lowest BCUT2D eigenvalue weighted by molar-refractivity contribution is -0.393. The fourth-order valence-electron chi connectivity index (χ4n) is 3.63. The lowest BCUT2D eigenvalue weighted by Crippen LogP contribution is -2.22. The molecule has 2 aromatic rings. The summed E-state index contributed by atoms with van der Waals surface area (Å²) in [7, 11) is 0. The van der Waals surface area contributed by atoms with Crippen molar-refractivity contribution in [2.75, 3.05) is 10.6 Å². The number of carbonyl (C=O) groups excluding carboxylic acids is 1. The van der Waals surface area contributed by atoms with E-state index in [1.54, 1.807) is 24.3 Å². The molecule has 170 valence electrons. The van der Waals surface area contributed by atoms with Gasteiger partial charge in [-0.15, -0.1) is 10.2 Å². The Morgan fingerprint density at radius 1 is 1.09 bits per heavy atom. The molecule has 0 unspecified atom stereocenters. The van der Waals surface area contributed by atoms with Crippen molar-refractivity contribution >= 4 is 40.0 Å². The molecule has 0 aromatic heterocycles. The van der Waals surface area contributed by atoms with Gasteiger partial charge in [0.15, 0.2) is 5.69 Å². The van der Waals surface area contributed by atoms with Gasteiger partial charge < -0.3 is 10.6 Å². The van der Waals surface area contributed by atoms with Gasteiger partial charge in [-0.3, -0.25) is 25.0 Å². The fraction of sp³-hybridized carbons (Fsp3) is 0.333. The zero-order valence-electron chi connectivity index (χ0n) is 17.8. The minimum Gasteiger partial charge on any atom is -0.382 e. The summed E-state index contributed by atoms with van der Waals surface area (Å²) in [6.45, 7) is 1.33. The van der Waals surface area contributed by atoms with E-state index in [-0.39, 0.29) is 17.2 Å². The molecule has 33 heavy (non-hydrogen) atoms. The highest BCUT2D eigenvalue weighted by atomic mass is 16.6. The molecule has 12 nitrogen and oxygen atoms in total. The smallest absolute Gasteiger partial charge is 0.304 e. The van der Waals surface area contributed by atoms with Crippen LogP contribution in [0.4, 0.5) is 34.1 Å². The van der Waals surface area contributed by atoms with Gasteiger partial charge in [0, 0.05) is 24.7 Å². The molecule has 1 aliphatic rings. The maximum Gasteiger partial charge on any atom is 0.304 e. The predicted octanol–water partition coefficient (Wildman–Crippen LogP) is 5.49. The highest BCUT2D eigenvalue weighted by molar-refractivity contribution is 5.93. The van der Waals surface area contributed by atoms with Gasteiger partial charge in [0.2, 0.25) is 5.91 Å². The number of benzene rings is 2. The molecular formula is C21H21N7O5. The summed E-state index contributed by atoms with van der Waals surface area (Å²) < 4.78 is 0. The first-order valence-corrected chi connectivity index (χ1v) is 10.3. The summed E-state index contributed by atoms with van der Waals surface area (Å²) in [5.74, 6) is -0.347. The highest BCUT2D eigenvalue weighted by Crippen LogP contribution is 2.38. The van der Waals surface area contributed by atoms with Crippen molar-refractivity contribution in [1.29, 1.82) is 5.26 Å². The summed E-state index contributed by atoms with van der Waals surface area (Å²) in [5.41, 5.74) is -0.785. The van der Waals surface area contributed by atoms with Gasteiger partial charge in [0.05, 0.1) is 27.2 Å². The minimum absolute atomic E-state index is 0.205. The average molecular weight is 451 g/mol. The molecule has 12 heteroatoms. The van der Waals surface area contributed by atoms with Crippen molar-refractivity contribution in [3.63, 3.8) is 0 Å². The van der Waals surface area contributed by atoms with Gasteiger partial charge in [-0.25, -0.2) is 0 Å². The Labute approximate surface area is 188 Å². The summed E-state index contributed by atoms with van der Waals surface area (Å²) >= 11 is 0. The van der Waals surface area contributed by atoms with Crippen LogP contribution in [0.1, 0.15) is 44.6 Å². The lowest BCUT2D eigenvalue weighted by atomic mass is 9.95. The number of azo groups is 1. The number of nitro groups is 2. The van der Waals surface area contributed by atoms with Crippen LogP contribution in [0, 0.1) is 31.6 Å². The number of carbonyl (C=O) groups is 1. The second-order valence-electron chi connectivity index (χ2n) is 7.58. The second kappa shape index (κ2) is 10.3. The molecule has 0 radical (unpaired) electrons. The number of nitrogens with one attached hydrogen (secondary N) is 2. The van der Waals surface area contributed by atoms with Crippen molar-refractivity contribution in [2.24, 2.45) is 10.2 Å². The maximum absolute atomic E-state index is 11.7. The number of amides is 1. The molecule has 0 heterocycles. The second-order valence-corrected chi connectivity index (χ2v) is 7.58. The van der Waals surface area contributed by atoms with E-state index in [9.17, 15) is 30.3 Å². The van der Waals surface area contributed by atoms with E-state index in [2.05, 4.69) is 20.9 Å². The maximum atomic E-state index is 11.7. The third-order valence-corrected chi connectivity index (χ3v) is 5.14. The zero-order valence-corrected chi connectivity index (χ0v) is 17.8. The summed E-state index contributed by atoms with van der Waals surface area (Å²) in [4.78, 5) is 32.4. The van der Waals surface area contributed by atoms with Gasteiger partial charge in [0.25, 0.3) is 5.69 Å². The van der Waals surface area contributed by atoms with Crippen LogP contribution in [0.5, 0.6) is 0 Å². The predicted molar refractivity (Wildman–Crippen MR) is 120 cm³/mol. The number of hydrogen-bond donors (Lipinski definition) is 2. The fourth-order valence-corrected chi connectivity index (χ4v) is 3.63. The van der Waals surface area contributed by atoms with E-state index in [0.717, 1.165) is 43.5 Å². The molecule has 1 saturated carbocycles. The summed E-state index contributed by atoms with van der Waals surface area (Å²) in [6.07, 6.45) is 5.62. The van der Waals surface area contributed by atoms with Gasteiger partial charge >= 0.3 is 5.69 Å². The van der Waals surface area contributed by atoms with E-state index < -0.39 is 26.9 Å². The number of hydrogen-bond acceptors (Lipinski definition) is 9. The van der Waals surface area contributed by atoms with E-state index in [0.29, 0.717) is 11.7 Å². The Bertz CT molecular complexity index is 1170. The average Bonchev–Trinajstić information content (AvgIpc) is 2.78. The van der Waals surface area contributed by atoms with Crippen LogP contribution in [0.3, 0.4) is 0 Å². The minimum atomic E-state index is -0.867. The quantitative estimate of drug-likeness (QED) is 0.317. The zero-order chi connectivity index (χ0) is 24.0. The number of rotatable bonds is 7. The Hall–Kier alpha value is -4.40. The Kier molecular flexibility index (Phi) is 7.24. The van der Waals surface area contributed by atoms with E-state index in [1.165, 1.54) is 13.3 Å². The molecule has 1 fully saturated rings. The van der Waals surface area contributed by atoms with E-state index >= 15 is 0 Å². The molecule has 0 spiro atoms. The van der Waals surface area contributed by atoms with Crippen molar-refractivity contribution in [1.82, 2.24) is 0 Å². The normalized spacial score (nSPS) is 13.9. The molecule has 2 N–H and O–H groups in total. The van der Waals surface area contributed by atoms with E-state index in [4.69, 9.17) is 0 Å². The molecule has 0 aliphatic heterocycles. The first-order chi connectivity index (χ1) is 15.8. The standard InChI is InChI=1S/C21H21N7O5/c1-13(29)23-19-10-16(24-15-5-3-2-4-6-15)7-8-18(19)25-26-21-14(12-22)9-17(27(30)31)11-20(21)28(32)33/h7-11,15,24H,2-6H2,1H3,(H,23,29). The monoisotopic (exact) mass is 451 g/mol. The van der Waals surface area contributed by atoms with Crippen LogP contribution >= 0.6 is 0 Å². The van der Waals surface area contributed by atoms with Crippen LogP contribution < -0.4 is 10.6 Å². The van der Waals surface area contributed by atoms with Gasteiger partial charge in [-0.1, -0.05) is 19.3 Å². The van der Waals surface area contributed by atoms with Crippen molar-refractivity contribution in [3.8, 4) is 6.07 Å². The lowest BCUT2D eigenvalue weighted by Gasteiger charge is -2.24. The number of nitriles is 1. The number of non-ortho nitro benzene ring substituents is 1. The Balaban J connectivity index is 1.98. The molecular weight excluding hydrogens is 430 g/mol. The molecule has 3 rings (SSSR count). The molecule has 1 amide bonds. The number of nitro benzene ring substituents is 2. The van der Waals surface area contributed by atoms with Crippen LogP contribution in [0.15, 0.2) is 40.6 Å². The highest BCUT2D eigenvalue weighted by Gasteiger charge is 2.24. The van der Waals surface area contributed by atoms with E-state index in [1.807, 2.05) is 0 Å². The van der Waals surface area contributed by atoms with Crippen molar-refractivity contribution < 1.29 is 14.6 Å². The first-order valence-electron chi connectivity index (χ1n) is 10.3.